The second kappa shape index (κ2) is 53.1. The number of phosphoric acid groups is 1. The van der Waals surface area contributed by atoms with E-state index in [1.54, 1.807) is 0 Å². The van der Waals surface area contributed by atoms with Crippen LogP contribution in [0.25, 0.3) is 0 Å². The van der Waals surface area contributed by atoms with E-state index < -0.39 is 32.5 Å². The molecule has 0 N–H and O–H groups in total. The summed E-state index contributed by atoms with van der Waals surface area (Å²) in [6, 6.07) is 0. The molecule has 0 aromatic heterocycles. The summed E-state index contributed by atoms with van der Waals surface area (Å²) in [4.78, 5) is 37.8. The van der Waals surface area contributed by atoms with Gasteiger partial charge < -0.3 is 27.9 Å². The summed E-state index contributed by atoms with van der Waals surface area (Å²) in [5.74, 6) is 23.5. The van der Waals surface area contributed by atoms with Gasteiger partial charge >= 0.3 is 11.9 Å². The summed E-state index contributed by atoms with van der Waals surface area (Å²) in [5.41, 5.74) is 0. The minimum atomic E-state index is -4.67. The first kappa shape index (κ1) is 69.2. The molecule has 0 aliphatic carbocycles. The molecule has 1 unspecified atom stereocenters. The number of unbranched alkanes of at least 4 members (excludes halogenated alkanes) is 36. The van der Waals surface area contributed by atoms with Crippen molar-refractivity contribution in [2.75, 3.05) is 47.5 Å². The lowest BCUT2D eigenvalue weighted by molar-refractivity contribution is -0.870. The lowest BCUT2D eigenvalue weighted by Crippen LogP contribution is -2.37. The second-order valence-corrected chi connectivity index (χ2v) is 22.5. The van der Waals surface area contributed by atoms with E-state index in [1.165, 1.54) is 180 Å². The van der Waals surface area contributed by atoms with Gasteiger partial charge in [0.25, 0.3) is 7.82 Å². The van der Waals surface area contributed by atoms with Crippen molar-refractivity contribution in [3.8, 4) is 47.4 Å². The van der Waals surface area contributed by atoms with Gasteiger partial charge in [0, 0.05) is 38.5 Å². The van der Waals surface area contributed by atoms with Gasteiger partial charge in [0.05, 0.1) is 27.7 Å². The van der Waals surface area contributed by atoms with E-state index in [9.17, 15) is 19.0 Å². The van der Waals surface area contributed by atoms with Gasteiger partial charge in [-0.25, -0.2) is 0 Å². The average molecular weight is 1030 g/mol. The molecule has 0 radical (unpaired) electrons. The lowest BCUT2D eigenvalue weighted by Gasteiger charge is -2.28. The molecule has 0 aromatic rings. The van der Waals surface area contributed by atoms with Crippen LogP contribution in [-0.2, 0) is 32.7 Å². The standard InChI is InChI=1S/C62H108NO8P/c1-6-8-10-12-14-16-18-20-22-24-26-28-30-32-34-36-38-40-42-44-46-48-50-52-54-61(64)68-58-60(59-70-72(66,67)69-57-56-63(3,4)5)71-62(65)55-53-51-49-47-45-43-41-39-37-35-33-31-29-27-25-23-21-19-17-15-13-11-9-7-2/h60H,6-37,46-59H2,1-5H3/t60-/m1/s1. The van der Waals surface area contributed by atoms with Crippen molar-refractivity contribution in [2.24, 2.45) is 0 Å². The van der Waals surface area contributed by atoms with Crippen molar-refractivity contribution in [3.63, 3.8) is 0 Å². The summed E-state index contributed by atoms with van der Waals surface area (Å²) in [7, 11) is 1.08. The molecule has 0 saturated carbocycles. The number of carbonyl (C=O) groups is 2. The van der Waals surface area contributed by atoms with Gasteiger partial charge in [0.15, 0.2) is 6.10 Å². The van der Waals surface area contributed by atoms with Crippen molar-refractivity contribution in [2.45, 2.75) is 290 Å². The molecule has 72 heavy (non-hydrogen) atoms. The average Bonchev–Trinajstić information content (AvgIpc) is 3.34. The molecular weight excluding hydrogens is 918 g/mol. The molecule has 0 rings (SSSR count). The number of esters is 2. The third-order valence-corrected chi connectivity index (χ3v) is 13.8. The van der Waals surface area contributed by atoms with Crippen molar-refractivity contribution in [1.29, 1.82) is 0 Å². The van der Waals surface area contributed by atoms with Gasteiger partial charge in [-0.1, -0.05) is 230 Å². The molecule has 0 saturated heterocycles. The zero-order valence-corrected chi connectivity index (χ0v) is 48.2. The van der Waals surface area contributed by atoms with E-state index in [1.807, 2.05) is 21.1 Å². The number of quaternary nitrogens is 1. The number of nitrogens with zero attached hydrogens (tertiary/aromatic N) is 1. The Morgan fingerprint density at radius 3 is 1.07 bits per heavy atom. The molecule has 10 heteroatoms. The Balaban J connectivity index is 4.29. The van der Waals surface area contributed by atoms with Gasteiger partial charge in [-0.3, -0.25) is 14.2 Å². The zero-order valence-electron chi connectivity index (χ0n) is 47.3. The number of rotatable bonds is 50. The molecule has 0 aliphatic rings. The molecule has 9 nitrogen and oxygen atoms in total. The zero-order chi connectivity index (χ0) is 52.7. The number of hydrogen-bond donors (Lipinski definition) is 0. The van der Waals surface area contributed by atoms with E-state index in [-0.39, 0.29) is 26.1 Å². The fourth-order valence-corrected chi connectivity index (χ4v) is 8.90. The van der Waals surface area contributed by atoms with Crippen LogP contribution < -0.4 is 4.89 Å². The fraction of sp³-hybridized carbons (Fsp3) is 0.839. The fourth-order valence-electron chi connectivity index (χ4n) is 8.17. The smallest absolute Gasteiger partial charge is 0.306 e. The molecular formula is C62H108NO8P. The minimum Gasteiger partial charge on any atom is -0.756 e. The highest BCUT2D eigenvalue weighted by Crippen LogP contribution is 2.38. The highest BCUT2D eigenvalue weighted by atomic mass is 31.2. The largest absolute Gasteiger partial charge is 0.756 e. The minimum absolute atomic E-state index is 0.0567. The Bertz CT molecular complexity index is 1580. The van der Waals surface area contributed by atoms with Gasteiger partial charge in [-0.15, -0.1) is 0 Å². The van der Waals surface area contributed by atoms with E-state index in [0.29, 0.717) is 36.7 Å². The van der Waals surface area contributed by atoms with Gasteiger partial charge in [0.1, 0.15) is 19.8 Å². The van der Waals surface area contributed by atoms with Crippen LogP contribution in [0.15, 0.2) is 0 Å². The van der Waals surface area contributed by atoms with Gasteiger partial charge in [-0.2, -0.15) is 0 Å². The SMILES string of the molecule is CCCCCCCCCCCCCCCCCC#CC#CCCCCCC(=O)OC[C@H](COP(=O)([O-])OCC[N+](C)(C)C)OC(=O)CCCCCC#CC#CCCCCCCCCCCCCCCCCC. The summed E-state index contributed by atoms with van der Waals surface area (Å²) in [5, 5.41) is 0. The molecule has 0 heterocycles. The second-order valence-electron chi connectivity index (χ2n) is 21.1. The number of likely N-dealkylation sites (N-methyl/N-ethyl adjacent to an activating group) is 1. The van der Waals surface area contributed by atoms with E-state index >= 15 is 0 Å². The number of carbonyl (C=O) groups excluding carboxylic acids is 2. The molecule has 0 bridgehead atoms. The molecule has 2 atom stereocenters. The van der Waals surface area contributed by atoms with Crippen LogP contribution in [-0.4, -0.2) is 70.0 Å². The highest BCUT2D eigenvalue weighted by Gasteiger charge is 2.22. The van der Waals surface area contributed by atoms with E-state index in [4.69, 9.17) is 18.5 Å². The van der Waals surface area contributed by atoms with Crippen molar-refractivity contribution >= 4 is 19.8 Å². The Labute approximate surface area is 444 Å². The maximum Gasteiger partial charge on any atom is 0.306 e. The Morgan fingerprint density at radius 1 is 0.431 bits per heavy atom. The van der Waals surface area contributed by atoms with Crippen LogP contribution in [0.2, 0.25) is 0 Å². The summed E-state index contributed by atoms with van der Waals surface area (Å²) in [6.07, 6.45) is 47.6. The quantitative estimate of drug-likeness (QED) is 0.0195. The van der Waals surface area contributed by atoms with Crippen LogP contribution in [0.1, 0.15) is 284 Å². The van der Waals surface area contributed by atoms with Crippen molar-refractivity contribution in [3.05, 3.63) is 0 Å². The topological polar surface area (TPSA) is 111 Å². The molecule has 0 spiro atoms. The van der Waals surface area contributed by atoms with Crippen molar-refractivity contribution in [1.82, 2.24) is 0 Å². The molecule has 0 fully saturated rings. The molecule has 414 valence electrons. The van der Waals surface area contributed by atoms with Crippen LogP contribution in [0.3, 0.4) is 0 Å². The highest BCUT2D eigenvalue weighted by molar-refractivity contribution is 7.45. The first-order chi connectivity index (χ1) is 35.0. The Kier molecular flexibility index (Phi) is 51.1. The number of phosphoric ester groups is 1. The predicted octanol–water partition coefficient (Wildman–Crippen LogP) is 16.1. The van der Waals surface area contributed by atoms with Crippen LogP contribution in [0, 0.1) is 47.4 Å². The normalized spacial score (nSPS) is 12.2. The van der Waals surface area contributed by atoms with Gasteiger partial charge in [-0.05, 0) is 62.2 Å². The maximum atomic E-state index is 12.8. The first-order valence-electron chi connectivity index (χ1n) is 29.7. The van der Waals surface area contributed by atoms with Crippen LogP contribution in [0.4, 0.5) is 0 Å². The molecule has 0 aromatic carbocycles. The Hall–Kier alpha value is -2.75. The van der Waals surface area contributed by atoms with Crippen LogP contribution in [0.5, 0.6) is 0 Å². The summed E-state index contributed by atoms with van der Waals surface area (Å²) < 4.78 is 34.0. The molecule has 0 aliphatic heterocycles. The van der Waals surface area contributed by atoms with E-state index in [0.717, 1.165) is 51.4 Å². The monoisotopic (exact) mass is 1030 g/mol. The van der Waals surface area contributed by atoms with Crippen molar-refractivity contribution < 1.29 is 42.1 Å². The number of ether oxygens (including phenoxy) is 2. The number of hydrogen-bond acceptors (Lipinski definition) is 8. The van der Waals surface area contributed by atoms with E-state index in [2.05, 4.69) is 61.2 Å². The summed E-state index contributed by atoms with van der Waals surface area (Å²) >= 11 is 0. The lowest BCUT2D eigenvalue weighted by atomic mass is 10.0. The maximum absolute atomic E-state index is 12.8. The first-order valence-corrected chi connectivity index (χ1v) is 31.1. The Morgan fingerprint density at radius 2 is 0.736 bits per heavy atom. The third-order valence-electron chi connectivity index (χ3n) is 12.8. The van der Waals surface area contributed by atoms with Crippen LogP contribution >= 0.6 is 7.82 Å². The molecule has 0 amide bonds. The predicted molar refractivity (Wildman–Crippen MR) is 300 cm³/mol. The third kappa shape index (κ3) is 56.5. The summed E-state index contributed by atoms with van der Waals surface area (Å²) in [6.45, 7) is 4.11. The van der Waals surface area contributed by atoms with Gasteiger partial charge in [0.2, 0.25) is 0 Å².